The highest BCUT2D eigenvalue weighted by atomic mass is 16.6. The van der Waals surface area contributed by atoms with Gasteiger partial charge in [-0.3, -0.25) is 0 Å². The zero-order valence-electron chi connectivity index (χ0n) is 13.6. The van der Waals surface area contributed by atoms with E-state index in [9.17, 15) is 9.59 Å². The second kappa shape index (κ2) is 7.32. The number of hydrogen-bond donors (Lipinski definition) is 1. The normalized spacial score (nSPS) is 19.4. The number of nitrogens with zero attached hydrogens (tertiary/aromatic N) is 2. The summed E-state index contributed by atoms with van der Waals surface area (Å²) >= 11 is 0. The van der Waals surface area contributed by atoms with Crippen molar-refractivity contribution in [3.63, 3.8) is 0 Å². The Morgan fingerprint density at radius 1 is 1.22 bits per heavy atom. The van der Waals surface area contributed by atoms with Crippen molar-refractivity contribution in [2.75, 3.05) is 19.8 Å². The number of carbonyl (C=O) groups is 2. The second-order valence-corrected chi connectivity index (χ2v) is 5.34. The molecule has 2 amide bonds. The van der Waals surface area contributed by atoms with Gasteiger partial charge in [0.1, 0.15) is 6.54 Å². The first-order valence-electron chi connectivity index (χ1n) is 7.69. The Labute approximate surface area is 136 Å². The Morgan fingerprint density at radius 3 is 2.52 bits per heavy atom. The zero-order chi connectivity index (χ0) is 16.9. The number of amides is 2. The summed E-state index contributed by atoms with van der Waals surface area (Å²) in [6.45, 7) is 4.85. The molecule has 7 heteroatoms. The third kappa shape index (κ3) is 3.92. The first-order chi connectivity index (χ1) is 11.0. The molecule has 7 nitrogen and oxygen atoms in total. The van der Waals surface area contributed by atoms with E-state index in [2.05, 4.69) is 18.5 Å². The van der Waals surface area contributed by atoms with E-state index in [0.29, 0.717) is 13.1 Å². The maximum atomic E-state index is 12.3. The molecule has 0 bridgehead atoms. The highest BCUT2D eigenvalue weighted by Gasteiger charge is 2.36. The Bertz CT molecular complexity index is 578. The molecule has 2 rings (SSSR count). The predicted octanol–water partition coefficient (Wildman–Crippen LogP) is 2.39. The van der Waals surface area contributed by atoms with Crippen molar-refractivity contribution in [1.29, 1.82) is 0 Å². The maximum Gasteiger partial charge on any atom is 0.473 e. The van der Waals surface area contributed by atoms with Crippen LogP contribution in [0, 0.1) is 7.05 Å². The number of nitrogens with one attached hydrogen (secondary N) is 1. The number of benzene rings is 1. The van der Waals surface area contributed by atoms with Crippen LogP contribution in [0.25, 0.3) is 0 Å². The van der Waals surface area contributed by atoms with Gasteiger partial charge >= 0.3 is 12.2 Å². The lowest BCUT2D eigenvalue weighted by Crippen LogP contribution is -2.66. The fourth-order valence-electron chi connectivity index (χ4n) is 2.61. The minimum atomic E-state index is -0.708. The van der Waals surface area contributed by atoms with Gasteiger partial charge in [-0.15, -0.1) is 7.05 Å². The SMILES string of the molecule is [CH2-][N+]1(N(NC(=O)OCC)C(=O)OCC)CCc2ccccc2C1. The quantitative estimate of drug-likeness (QED) is 0.527. The summed E-state index contributed by atoms with van der Waals surface area (Å²) < 4.78 is 9.87. The number of rotatable bonds is 3. The Morgan fingerprint density at radius 2 is 1.87 bits per heavy atom. The van der Waals surface area contributed by atoms with Gasteiger partial charge in [0.05, 0.1) is 19.8 Å². The van der Waals surface area contributed by atoms with Gasteiger partial charge in [0.15, 0.2) is 0 Å². The molecule has 0 aromatic heterocycles. The molecular weight excluding hydrogens is 298 g/mol. The molecule has 1 aromatic carbocycles. The van der Waals surface area contributed by atoms with E-state index < -0.39 is 12.2 Å². The van der Waals surface area contributed by atoms with Crippen LogP contribution in [0.4, 0.5) is 9.59 Å². The molecule has 0 aliphatic carbocycles. The van der Waals surface area contributed by atoms with Crippen LogP contribution in [0.1, 0.15) is 25.0 Å². The van der Waals surface area contributed by atoms with Gasteiger partial charge in [0, 0.05) is 12.0 Å². The van der Waals surface area contributed by atoms with Crippen molar-refractivity contribution in [2.24, 2.45) is 0 Å². The fourth-order valence-corrected chi connectivity index (χ4v) is 2.61. The van der Waals surface area contributed by atoms with Gasteiger partial charge in [-0.2, -0.15) is 5.43 Å². The molecule has 1 unspecified atom stereocenters. The van der Waals surface area contributed by atoms with Crippen LogP contribution >= 0.6 is 0 Å². The summed E-state index contributed by atoms with van der Waals surface area (Å²) in [5.74, 6) is 0. The van der Waals surface area contributed by atoms with Gasteiger partial charge in [0.2, 0.25) is 0 Å². The topological polar surface area (TPSA) is 67.9 Å². The van der Waals surface area contributed by atoms with E-state index in [-0.39, 0.29) is 17.8 Å². The smallest absolute Gasteiger partial charge is 0.449 e. The van der Waals surface area contributed by atoms with E-state index >= 15 is 0 Å². The highest BCUT2D eigenvalue weighted by molar-refractivity contribution is 5.73. The number of fused-ring (bicyclic) bond motifs is 1. The van der Waals surface area contributed by atoms with Crippen molar-refractivity contribution in [1.82, 2.24) is 10.5 Å². The fraction of sp³-hybridized carbons (Fsp3) is 0.438. The molecule has 1 aromatic rings. The maximum absolute atomic E-state index is 12.3. The molecule has 1 atom stereocenters. The van der Waals surface area contributed by atoms with Gasteiger partial charge in [0.25, 0.3) is 0 Å². The van der Waals surface area contributed by atoms with Crippen LogP contribution in [0.3, 0.4) is 0 Å². The summed E-state index contributed by atoms with van der Waals surface area (Å²) in [6, 6.07) is 8.00. The number of quaternary nitrogens is 1. The van der Waals surface area contributed by atoms with Gasteiger partial charge in [-0.1, -0.05) is 29.4 Å². The van der Waals surface area contributed by atoms with E-state index in [1.54, 1.807) is 13.8 Å². The highest BCUT2D eigenvalue weighted by Crippen LogP contribution is 2.26. The third-order valence-electron chi connectivity index (χ3n) is 3.72. The van der Waals surface area contributed by atoms with Crippen molar-refractivity contribution >= 4 is 12.2 Å². The average Bonchev–Trinajstić information content (AvgIpc) is 2.53. The van der Waals surface area contributed by atoms with E-state index in [1.165, 1.54) is 5.56 Å². The van der Waals surface area contributed by atoms with E-state index in [0.717, 1.165) is 17.1 Å². The molecule has 1 aliphatic rings. The summed E-state index contributed by atoms with van der Waals surface area (Å²) in [4.78, 5) is 24.0. The van der Waals surface area contributed by atoms with Crippen LogP contribution in [0.2, 0.25) is 0 Å². The monoisotopic (exact) mass is 321 g/mol. The van der Waals surface area contributed by atoms with Crippen LogP contribution < -0.4 is 5.43 Å². The van der Waals surface area contributed by atoms with Crippen LogP contribution in [-0.2, 0) is 22.4 Å². The lowest BCUT2D eigenvalue weighted by atomic mass is 10.00. The second-order valence-electron chi connectivity index (χ2n) is 5.34. The lowest BCUT2D eigenvalue weighted by molar-refractivity contribution is -1.01. The molecule has 1 aliphatic heterocycles. The summed E-state index contributed by atoms with van der Waals surface area (Å²) in [5, 5.41) is 1.11. The minimum Gasteiger partial charge on any atom is -0.449 e. The summed E-state index contributed by atoms with van der Waals surface area (Å²) in [7, 11) is 4.14. The molecular formula is C16H23N3O4. The third-order valence-corrected chi connectivity index (χ3v) is 3.72. The largest absolute Gasteiger partial charge is 0.473 e. The molecule has 0 fully saturated rings. The Kier molecular flexibility index (Phi) is 5.44. The molecule has 1 N–H and O–H groups in total. The summed E-state index contributed by atoms with van der Waals surface area (Å²) in [6.07, 6.45) is -0.615. The van der Waals surface area contributed by atoms with Crippen LogP contribution in [-0.4, -0.2) is 41.7 Å². The standard InChI is InChI=1S/C16H23N3O4/c1-4-22-15(20)17-18(16(21)23-5-2)19(3)11-10-13-8-6-7-9-14(13)12-19/h6-9H,3-5,10-12H2,1-2H3,(H,17,20). The minimum absolute atomic E-state index is 0.0470. The molecule has 0 saturated heterocycles. The van der Waals surface area contributed by atoms with Crippen LogP contribution in [0.15, 0.2) is 24.3 Å². The van der Waals surface area contributed by atoms with E-state index in [4.69, 9.17) is 9.47 Å². The number of carbonyl (C=O) groups excluding carboxylic acids is 2. The predicted molar refractivity (Wildman–Crippen MR) is 83.4 cm³/mol. The van der Waals surface area contributed by atoms with Crippen molar-refractivity contribution in [3.05, 3.63) is 42.4 Å². The van der Waals surface area contributed by atoms with Gasteiger partial charge in [-0.05, 0) is 19.4 Å². The molecule has 126 valence electrons. The lowest BCUT2D eigenvalue weighted by Gasteiger charge is -2.49. The summed E-state index contributed by atoms with van der Waals surface area (Å²) in [5.41, 5.74) is 4.77. The van der Waals surface area contributed by atoms with Crippen molar-refractivity contribution < 1.29 is 23.7 Å². The number of ether oxygens (including phenoxy) is 2. The van der Waals surface area contributed by atoms with E-state index in [1.807, 2.05) is 18.2 Å². The molecule has 23 heavy (non-hydrogen) atoms. The Hall–Kier alpha value is -2.28. The number of hydrazine groups is 1. The van der Waals surface area contributed by atoms with Gasteiger partial charge < -0.3 is 14.1 Å². The first-order valence-corrected chi connectivity index (χ1v) is 7.69. The van der Waals surface area contributed by atoms with Gasteiger partial charge in [-0.25, -0.2) is 9.59 Å². The molecule has 0 spiro atoms. The number of hydrogen-bond acceptors (Lipinski definition) is 4. The van der Waals surface area contributed by atoms with Crippen LogP contribution in [0.5, 0.6) is 0 Å². The molecule has 0 saturated carbocycles. The van der Waals surface area contributed by atoms with Crippen molar-refractivity contribution in [2.45, 2.75) is 26.8 Å². The first kappa shape index (κ1) is 17.1. The average molecular weight is 321 g/mol. The zero-order valence-corrected chi connectivity index (χ0v) is 13.6. The molecule has 1 heterocycles. The van der Waals surface area contributed by atoms with Crippen molar-refractivity contribution in [3.8, 4) is 0 Å². The molecule has 0 radical (unpaired) electrons. The Balaban J connectivity index is 2.23.